The number of carbonyl (C=O) groups excluding carboxylic acids is 2. The third kappa shape index (κ3) is 3.20. The van der Waals surface area contributed by atoms with Crippen molar-refractivity contribution in [2.24, 2.45) is 0 Å². The zero-order valence-electron chi connectivity index (χ0n) is 11.6. The van der Waals surface area contributed by atoms with Gasteiger partial charge >= 0.3 is 6.09 Å². The van der Waals surface area contributed by atoms with E-state index in [0.717, 1.165) is 11.3 Å². The highest BCUT2D eigenvalue weighted by atomic mass is 16.5. The van der Waals surface area contributed by atoms with Gasteiger partial charge in [0.25, 0.3) is 0 Å². The van der Waals surface area contributed by atoms with Crippen LogP contribution in [-0.2, 0) is 16.0 Å². The van der Waals surface area contributed by atoms with E-state index in [1.807, 2.05) is 18.2 Å². The van der Waals surface area contributed by atoms with Gasteiger partial charge in [-0.15, -0.1) is 0 Å². The number of carbonyl (C=O) groups is 2. The fourth-order valence-corrected chi connectivity index (χ4v) is 2.03. The molecule has 20 heavy (non-hydrogen) atoms. The monoisotopic (exact) mass is 278 g/mol. The van der Waals surface area contributed by atoms with Gasteiger partial charge < -0.3 is 19.7 Å². The number of ether oxygens (including phenoxy) is 2. The van der Waals surface area contributed by atoms with E-state index in [-0.39, 0.29) is 5.91 Å². The number of fused-ring (bicyclic) bond motifs is 1. The average molecular weight is 278 g/mol. The van der Waals surface area contributed by atoms with Crippen molar-refractivity contribution >= 4 is 17.7 Å². The number of nitrogens with one attached hydrogen (secondary N) is 1. The first kappa shape index (κ1) is 14.2. The Morgan fingerprint density at radius 1 is 1.50 bits per heavy atom. The predicted molar refractivity (Wildman–Crippen MR) is 74.1 cm³/mol. The summed E-state index contributed by atoms with van der Waals surface area (Å²) in [7, 11) is 3.07. The van der Waals surface area contributed by atoms with Gasteiger partial charge in [0.15, 0.2) is 0 Å². The number of hydrogen-bond donors (Lipinski definition) is 1. The fourth-order valence-electron chi connectivity index (χ4n) is 2.03. The molecule has 0 bridgehead atoms. The number of alkyl carbamates (subject to hydrolysis) is 1. The van der Waals surface area contributed by atoms with Gasteiger partial charge in [-0.2, -0.15) is 0 Å². The molecule has 1 heterocycles. The Labute approximate surface area is 117 Å². The molecule has 0 atom stereocenters. The van der Waals surface area contributed by atoms with Crippen molar-refractivity contribution in [3.63, 3.8) is 0 Å². The molecule has 0 saturated carbocycles. The van der Waals surface area contributed by atoms with Crippen LogP contribution in [0.15, 0.2) is 18.2 Å². The van der Waals surface area contributed by atoms with E-state index in [9.17, 15) is 9.59 Å². The Balaban J connectivity index is 2.08. The Hall–Kier alpha value is -2.24. The molecule has 6 nitrogen and oxygen atoms in total. The van der Waals surface area contributed by atoms with Crippen molar-refractivity contribution in [1.82, 2.24) is 5.32 Å². The molecule has 1 aliphatic rings. The third-order valence-corrected chi connectivity index (χ3v) is 3.20. The molecule has 1 N–H and O–H groups in total. The second-order valence-corrected chi connectivity index (χ2v) is 4.52. The number of rotatable bonds is 3. The number of anilines is 1. The Morgan fingerprint density at radius 2 is 2.30 bits per heavy atom. The first-order valence-electron chi connectivity index (χ1n) is 6.46. The predicted octanol–water partition coefficient (Wildman–Crippen LogP) is 1.33. The maximum atomic E-state index is 11.8. The minimum Gasteiger partial charge on any atom is -0.491 e. The van der Waals surface area contributed by atoms with Crippen LogP contribution in [0.3, 0.4) is 0 Å². The molecule has 2 rings (SSSR count). The van der Waals surface area contributed by atoms with Gasteiger partial charge in [-0.1, -0.05) is 6.07 Å². The molecule has 108 valence electrons. The SMILES string of the molecule is COC(=O)NCCc1ccc2c(c1)N(C)C(=O)CCO2. The number of benzene rings is 1. The van der Waals surface area contributed by atoms with Crippen LogP contribution >= 0.6 is 0 Å². The first-order chi connectivity index (χ1) is 9.61. The summed E-state index contributed by atoms with van der Waals surface area (Å²) in [6.07, 6.45) is 0.588. The molecule has 6 heteroatoms. The van der Waals surface area contributed by atoms with Gasteiger partial charge in [0.05, 0.1) is 25.8 Å². The number of amides is 2. The van der Waals surface area contributed by atoms with Crippen molar-refractivity contribution in [1.29, 1.82) is 0 Å². The Kier molecular flexibility index (Phi) is 4.45. The van der Waals surface area contributed by atoms with E-state index in [1.165, 1.54) is 7.11 Å². The lowest BCUT2D eigenvalue weighted by molar-refractivity contribution is -0.118. The van der Waals surface area contributed by atoms with Crippen LogP contribution in [0.2, 0.25) is 0 Å². The van der Waals surface area contributed by atoms with E-state index in [4.69, 9.17) is 4.74 Å². The lowest BCUT2D eigenvalue weighted by atomic mass is 10.1. The molecule has 0 radical (unpaired) electrons. The molecular weight excluding hydrogens is 260 g/mol. The first-order valence-corrected chi connectivity index (χ1v) is 6.46. The summed E-state index contributed by atoms with van der Waals surface area (Å²) in [4.78, 5) is 24.4. The molecule has 0 fully saturated rings. The minimum atomic E-state index is -0.449. The highest BCUT2D eigenvalue weighted by Gasteiger charge is 2.20. The van der Waals surface area contributed by atoms with Gasteiger partial charge in [-0.05, 0) is 24.1 Å². The van der Waals surface area contributed by atoms with Crippen LogP contribution in [0.5, 0.6) is 5.75 Å². The van der Waals surface area contributed by atoms with Crippen molar-refractivity contribution in [2.45, 2.75) is 12.8 Å². The van der Waals surface area contributed by atoms with Crippen molar-refractivity contribution < 1.29 is 19.1 Å². The Bertz CT molecular complexity index is 516. The van der Waals surface area contributed by atoms with Crippen LogP contribution in [-0.4, -0.2) is 39.3 Å². The zero-order chi connectivity index (χ0) is 14.5. The maximum Gasteiger partial charge on any atom is 0.406 e. The molecule has 1 aliphatic heterocycles. The topological polar surface area (TPSA) is 67.9 Å². The second kappa shape index (κ2) is 6.27. The molecular formula is C14H18N2O4. The van der Waals surface area contributed by atoms with Crippen LogP contribution < -0.4 is 15.0 Å². The van der Waals surface area contributed by atoms with E-state index in [1.54, 1.807) is 11.9 Å². The smallest absolute Gasteiger partial charge is 0.406 e. The standard InChI is InChI=1S/C14H18N2O4/c1-16-11-9-10(5-7-15-14(18)19-2)3-4-12(11)20-8-6-13(16)17/h3-4,9H,5-8H2,1-2H3,(H,15,18). The van der Waals surface area contributed by atoms with E-state index in [0.29, 0.717) is 31.7 Å². The van der Waals surface area contributed by atoms with Gasteiger partial charge in [-0.3, -0.25) is 4.79 Å². The average Bonchev–Trinajstić information content (AvgIpc) is 2.59. The molecule has 1 aromatic carbocycles. The van der Waals surface area contributed by atoms with Crippen LogP contribution in [0.1, 0.15) is 12.0 Å². The quantitative estimate of drug-likeness (QED) is 0.905. The van der Waals surface area contributed by atoms with E-state index in [2.05, 4.69) is 10.1 Å². The molecule has 0 unspecified atom stereocenters. The highest BCUT2D eigenvalue weighted by molar-refractivity contribution is 5.95. The third-order valence-electron chi connectivity index (χ3n) is 3.20. The van der Waals surface area contributed by atoms with Crippen LogP contribution in [0, 0.1) is 0 Å². The van der Waals surface area contributed by atoms with Crippen LogP contribution in [0.4, 0.5) is 10.5 Å². The Morgan fingerprint density at radius 3 is 3.05 bits per heavy atom. The normalized spacial score (nSPS) is 14.1. The second-order valence-electron chi connectivity index (χ2n) is 4.52. The lowest BCUT2D eigenvalue weighted by Crippen LogP contribution is -2.26. The van der Waals surface area contributed by atoms with Crippen LogP contribution in [0.25, 0.3) is 0 Å². The summed E-state index contributed by atoms with van der Waals surface area (Å²) < 4.78 is 10.1. The largest absolute Gasteiger partial charge is 0.491 e. The molecule has 0 saturated heterocycles. The van der Waals surface area contributed by atoms with Gasteiger partial charge in [0, 0.05) is 13.6 Å². The number of nitrogens with zero attached hydrogens (tertiary/aromatic N) is 1. The maximum absolute atomic E-state index is 11.8. The fraction of sp³-hybridized carbons (Fsp3) is 0.429. The molecule has 0 aliphatic carbocycles. The zero-order valence-corrected chi connectivity index (χ0v) is 11.6. The molecule has 0 aromatic heterocycles. The van der Waals surface area contributed by atoms with E-state index >= 15 is 0 Å². The summed E-state index contributed by atoms with van der Waals surface area (Å²) in [5.41, 5.74) is 1.79. The van der Waals surface area contributed by atoms with Crippen molar-refractivity contribution in [2.75, 3.05) is 32.2 Å². The molecule has 2 amide bonds. The van der Waals surface area contributed by atoms with Gasteiger partial charge in [0.1, 0.15) is 5.75 Å². The van der Waals surface area contributed by atoms with Gasteiger partial charge in [0.2, 0.25) is 5.91 Å². The summed E-state index contributed by atoms with van der Waals surface area (Å²) in [6.45, 7) is 0.878. The summed E-state index contributed by atoms with van der Waals surface area (Å²) >= 11 is 0. The van der Waals surface area contributed by atoms with Gasteiger partial charge in [-0.25, -0.2) is 4.79 Å². The van der Waals surface area contributed by atoms with Crippen molar-refractivity contribution in [3.05, 3.63) is 23.8 Å². The highest BCUT2D eigenvalue weighted by Crippen LogP contribution is 2.31. The number of methoxy groups -OCH3 is 1. The van der Waals surface area contributed by atoms with E-state index < -0.39 is 6.09 Å². The lowest BCUT2D eigenvalue weighted by Gasteiger charge is -2.17. The summed E-state index contributed by atoms with van der Waals surface area (Å²) in [5.74, 6) is 0.747. The summed E-state index contributed by atoms with van der Waals surface area (Å²) in [5, 5.41) is 2.62. The summed E-state index contributed by atoms with van der Waals surface area (Å²) in [6, 6.07) is 5.71. The minimum absolute atomic E-state index is 0.0357. The molecule has 1 aromatic rings. The number of hydrogen-bond acceptors (Lipinski definition) is 4. The van der Waals surface area contributed by atoms with Crippen molar-refractivity contribution in [3.8, 4) is 5.75 Å². The molecule has 0 spiro atoms.